The summed E-state index contributed by atoms with van der Waals surface area (Å²) in [5.74, 6) is 8.11. The van der Waals surface area contributed by atoms with Crippen molar-refractivity contribution in [3.05, 3.63) is 0 Å². The maximum atomic E-state index is 3.61. The fourth-order valence-electron chi connectivity index (χ4n) is 3.26. The first-order valence-electron chi connectivity index (χ1n) is 6.85. The Bertz CT molecular complexity index is 245. The Morgan fingerprint density at radius 2 is 1.93 bits per heavy atom. The van der Waals surface area contributed by atoms with Crippen LogP contribution in [0.15, 0.2) is 0 Å². The van der Waals surface area contributed by atoms with E-state index in [-0.39, 0.29) is 0 Å². The molecule has 0 saturated heterocycles. The van der Waals surface area contributed by atoms with E-state index in [2.05, 4.69) is 18.8 Å². The largest absolute Gasteiger partial charge is 0.103 e. The maximum absolute atomic E-state index is 3.61. The molecule has 0 nitrogen and oxygen atoms in total. The number of fused-ring (bicyclic) bond motifs is 2. The third-order valence-electron chi connectivity index (χ3n) is 4.25. The molecule has 0 aliphatic heterocycles. The molecule has 0 aromatic heterocycles. The third kappa shape index (κ3) is 2.77. The fourth-order valence-corrected chi connectivity index (χ4v) is 3.26. The van der Waals surface area contributed by atoms with Gasteiger partial charge in [-0.1, -0.05) is 32.1 Å². The molecule has 0 unspecified atom stereocenters. The highest BCUT2D eigenvalue weighted by Gasteiger charge is 2.43. The molecule has 0 atom stereocenters. The Balaban J connectivity index is 1.70. The quantitative estimate of drug-likeness (QED) is 0.466. The van der Waals surface area contributed by atoms with Crippen LogP contribution in [-0.4, -0.2) is 0 Å². The zero-order chi connectivity index (χ0) is 10.6. The topological polar surface area (TPSA) is 0 Å². The fraction of sp³-hybridized carbons (Fsp3) is 0.867. The van der Waals surface area contributed by atoms with E-state index in [9.17, 15) is 0 Å². The second kappa shape index (κ2) is 5.06. The standard InChI is InChI=1S/C15H24/c1-2-3-4-5-6-7-10-15-11-8-14(13-15)9-12-15/h14H,2-6,8-9,11-13H2,1H3. The van der Waals surface area contributed by atoms with Gasteiger partial charge in [0.25, 0.3) is 0 Å². The van der Waals surface area contributed by atoms with Crippen molar-refractivity contribution in [3.8, 4) is 11.8 Å². The molecule has 2 fully saturated rings. The highest BCUT2D eigenvalue weighted by molar-refractivity contribution is 5.17. The third-order valence-corrected chi connectivity index (χ3v) is 4.25. The molecule has 0 amide bonds. The minimum absolute atomic E-state index is 0.495. The summed E-state index contributed by atoms with van der Waals surface area (Å²) in [4.78, 5) is 0. The van der Waals surface area contributed by atoms with E-state index in [0.29, 0.717) is 5.41 Å². The minimum atomic E-state index is 0.495. The van der Waals surface area contributed by atoms with Crippen molar-refractivity contribution in [2.75, 3.05) is 0 Å². The van der Waals surface area contributed by atoms with Crippen LogP contribution in [0.5, 0.6) is 0 Å². The molecule has 0 aromatic rings. The molecule has 0 N–H and O–H groups in total. The molecule has 2 aliphatic rings. The Labute approximate surface area is 94.8 Å². The summed E-state index contributed by atoms with van der Waals surface area (Å²) >= 11 is 0. The lowest BCUT2D eigenvalue weighted by Gasteiger charge is -2.18. The Morgan fingerprint density at radius 3 is 2.53 bits per heavy atom. The van der Waals surface area contributed by atoms with Crippen LogP contribution in [0.2, 0.25) is 0 Å². The molecule has 2 saturated carbocycles. The Morgan fingerprint density at radius 1 is 1.13 bits per heavy atom. The second-order valence-electron chi connectivity index (χ2n) is 5.54. The molecule has 2 rings (SSSR count). The van der Waals surface area contributed by atoms with Crippen molar-refractivity contribution in [1.82, 2.24) is 0 Å². The van der Waals surface area contributed by atoms with Gasteiger partial charge in [-0.15, -0.1) is 5.92 Å². The molecular formula is C15H24. The average molecular weight is 204 g/mol. The summed E-state index contributed by atoms with van der Waals surface area (Å²) in [6, 6.07) is 0. The van der Waals surface area contributed by atoms with Gasteiger partial charge >= 0.3 is 0 Å². The van der Waals surface area contributed by atoms with Gasteiger partial charge in [0.2, 0.25) is 0 Å². The molecule has 0 heteroatoms. The number of rotatable bonds is 4. The van der Waals surface area contributed by atoms with Crippen molar-refractivity contribution >= 4 is 0 Å². The van der Waals surface area contributed by atoms with E-state index in [1.165, 1.54) is 57.8 Å². The lowest BCUT2D eigenvalue weighted by molar-refractivity contribution is 0.400. The summed E-state index contributed by atoms with van der Waals surface area (Å²) in [5.41, 5.74) is 0.495. The Hall–Kier alpha value is -0.440. The summed E-state index contributed by atoms with van der Waals surface area (Å²) in [6.07, 6.45) is 13.7. The average Bonchev–Trinajstić information content (AvgIpc) is 2.83. The molecule has 15 heavy (non-hydrogen) atoms. The van der Waals surface area contributed by atoms with Gasteiger partial charge in [0.15, 0.2) is 0 Å². The predicted molar refractivity (Wildman–Crippen MR) is 65.5 cm³/mol. The van der Waals surface area contributed by atoms with Crippen LogP contribution < -0.4 is 0 Å². The zero-order valence-corrected chi connectivity index (χ0v) is 10.1. The lowest BCUT2D eigenvalue weighted by Crippen LogP contribution is -2.10. The van der Waals surface area contributed by atoms with Crippen molar-refractivity contribution in [1.29, 1.82) is 0 Å². The summed E-state index contributed by atoms with van der Waals surface area (Å²) < 4.78 is 0. The van der Waals surface area contributed by atoms with Crippen molar-refractivity contribution in [2.45, 2.75) is 71.1 Å². The normalized spacial score (nSPS) is 32.7. The first kappa shape index (κ1) is 11.1. The van der Waals surface area contributed by atoms with Gasteiger partial charge in [-0.25, -0.2) is 0 Å². The first-order chi connectivity index (χ1) is 7.35. The monoisotopic (exact) mass is 204 g/mol. The first-order valence-corrected chi connectivity index (χ1v) is 6.85. The van der Waals surface area contributed by atoms with Crippen LogP contribution in [0.4, 0.5) is 0 Å². The highest BCUT2D eigenvalue weighted by Crippen LogP contribution is 2.53. The van der Waals surface area contributed by atoms with E-state index in [1.807, 2.05) is 0 Å². The highest BCUT2D eigenvalue weighted by atomic mass is 14.5. The molecular weight excluding hydrogens is 180 g/mol. The summed E-state index contributed by atoms with van der Waals surface area (Å²) in [7, 11) is 0. The van der Waals surface area contributed by atoms with Gasteiger partial charge in [-0.2, -0.15) is 0 Å². The Kier molecular flexibility index (Phi) is 3.73. The molecule has 0 radical (unpaired) electrons. The van der Waals surface area contributed by atoms with Crippen LogP contribution >= 0.6 is 0 Å². The van der Waals surface area contributed by atoms with Crippen molar-refractivity contribution in [2.24, 2.45) is 11.3 Å². The zero-order valence-electron chi connectivity index (χ0n) is 10.1. The number of unbranched alkanes of at least 4 members (excludes halogenated alkanes) is 4. The van der Waals surface area contributed by atoms with Gasteiger partial charge in [0, 0.05) is 11.8 Å². The number of hydrogen-bond donors (Lipinski definition) is 0. The SMILES string of the molecule is CCCCCCC#CC12CCC(CC1)C2. The van der Waals surface area contributed by atoms with Gasteiger partial charge in [0.1, 0.15) is 0 Å². The van der Waals surface area contributed by atoms with E-state index < -0.39 is 0 Å². The summed E-state index contributed by atoms with van der Waals surface area (Å²) in [6.45, 7) is 2.27. The summed E-state index contributed by atoms with van der Waals surface area (Å²) in [5, 5.41) is 0. The van der Waals surface area contributed by atoms with E-state index in [4.69, 9.17) is 0 Å². The van der Waals surface area contributed by atoms with E-state index >= 15 is 0 Å². The molecule has 0 aromatic carbocycles. The van der Waals surface area contributed by atoms with Gasteiger partial charge < -0.3 is 0 Å². The molecule has 2 bridgehead atoms. The number of hydrogen-bond acceptors (Lipinski definition) is 0. The van der Waals surface area contributed by atoms with Crippen LogP contribution in [0, 0.1) is 23.2 Å². The molecule has 84 valence electrons. The lowest BCUT2D eigenvalue weighted by atomic mass is 9.85. The van der Waals surface area contributed by atoms with Crippen molar-refractivity contribution < 1.29 is 0 Å². The van der Waals surface area contributed by atoms with Crippen LogP contribution in [0.3, 0.4) is 0 Å². The van der Waals surface area contributed by atoms with Gasteiger partial charge in [0.05, 0.1) is 0 Å². The van der Waals surface area contributed by atoms with E-state index in [0.717, 1.165) is 12.3 Å². The second-order valence-corrected chi connectivity index (χ2v) is 5.54. The predicted octanol–water partition coefficient (Wildman–Crippen LogP) is 4.54. The minimum Gasteiger partial charge on any atom is -0.103 e. The van der Waals surface area contributed by atoms with Crippen LogP contribution in [0.1, 0.15) is 71.1 Å². The van der Waals surface area contributed by atoms with E-state index in [1.54, 1.807) is 0 Å². The smallest absolute Gasteiger partial charge is 0.0317 e. The molecule has 0 heterocycles. The molecule has 0 spiro atoms. The van der Waals surface area contributed by atoms with Crippen molar-refractivity contribution in [3.63, 3.8) is 0 Å². The van der Waals surface area contributed by atoms with Gasteiger partial charge in [-0.05, 0) is 44.4 Å². The maximum Gasteiger partial charge on any atom is 0.0317 e. The van der Waals surface area contributed by atoms with Gasteiger partial charge in [-0.3, -0.25) is 0 Å². The van der Waals surface area contributed by atoms with Crippen LogP contribution in [-0.2, 0) is 0 Å². The molecule has 2 aliphatic carbocycles. The van der Waals surface area contributed by atoms with Crippen LogP contribution in [0.25, 0.3) is 0 Å².